The molecule has 1 atom stereocenters. The molecule has 0 aromatic heterocycles. The van der Waals surface area contributed by atoms with Gasteiger partial charge in [0.15, 0.2) is 0 Å². The lowest BCUT2D eigenvalue weighted by atomic mass is 10.0. The van der Waals surface area contributed by atoms with Crippen molar-refractivity contribution in [3.8, 4) is 0 Å². The average molecular weight is 293 g/mol. The highest BCUT2D eigenvalue weighted by molar-refractivity contribution is 9.10. The fraction of sp³-hybridized carbons (Fsp3) is 0.300. The molecule has 0 radical (unpaired) electrons. The number of benzene rings is 1. The third-order valence-electron chi connectivity index (χ3n) is 2.03. The van der Waals surface area contributed by atoms with Crippen LogP contribution in [0.15, 0.2) is 22.7 Å². The summed E-state index contributed by atoms with van der Waals surface area (Å²) >= 11 is 9.13. The Labute approximate surface area is 101 Å². The van der Waals surface area contributed by atoms with Crippen molar-refractivity contribution in [3.63, 3.8) is 0 Å². The first-order valence-corrected chi connectivity index (χ1v) is 5.60. The van der Waals surface area contributed by atoms with E-state index in [1.54, 1.807) is 18.2 Å². The third-order valence-corrected chi connectivity index (χ3v) is 2.95. The van der Waals surface area contributed by atoms with Crippen molar-refractivity contribution in [2.45, 2.75) is 18.9 Å². The fourth-order valence-electron chi connectivity index (χ4n) is 1.24. The standard InChI is InChI=1S/C10H11BrClNO2/c11-8-5-6(12)1-2-7(8)9(13)3-4-10(14)15/h1-2,5,9H,3-4,13H2,(H,14,15). The summed E-state index contributed by atoms with van der Waals surface area (Å²) in [5.41, 5.74) is 6.73. The molecule has 0 bridgehead atoms. The molecule has 1 rings (SSSR count). The lowest BCUT2D eigenvalue weighted by Crippen LogP contribution is -2.12. The molecule has 3 nitrogen and oxygen atoms in total. The van der Waals surface area contributed by atoms with Gasteiger partial charge < -0.3 is 10.8 Å². The topological polar surface area (TPSA) is 63.3 Å². The van der Waals surface area contributed by atoms with Gasteiger partial charge in [-0.25, -0.2) is 0 Å². The van der Waals surface area contributed by atoms with E-state index in [0.29, 0.717) is 11.4 Å². The minimum Gasteiger partial charge on any atom is -0.481 e. The summed E-state index contributed by atoms with van der Waals surface area (Å²) < 4.78 is 0.813. The predicted octanol–water partition coefficient (Wildman–Crippen LogP) is 2.97. The zero-order chi connectivity index (χ0) is 11.4. The van der Waals surface area contributed by atoms with Crippen LogP contribution in [-0.2, 0) is 4.79 Å². The molecule has 0 aliphatic rings. The normalized spacial score (nSPS) is 12.5. The minimum atomic E-state index is -0.837. The highest BCUT2D eigenvalue weighted by Gasteiger charge is 2.11. The SMILES string of the molecule is NC(CCC(=O)O)c1ccc(Cl)cc1Br. The van der Waals surface area contributed by atoms with E-state index in [4.69, 9.17) is 22.4 Å². The number of hydrogen-bond acceptors (Lipinski definition) is 2. The van der Waals surface area contributed by atoms with Crippen LogP contribution in [0.3, 0.4) is 0 Å². The van der Waals surface area contributed by atoms with Crippen molar-refractivity contribution in [1.82, 2.24) is 0 Å². The summed E-state index contributed by atoms with van der Waals surface area (Å²) in [6.07, 6.45) is 0.478. The van der Waals surface area contributed by atoms with Crippen LogP contribution in [0.1, 0.15) is 24.4 Å². The second-order valence-electron chi connectivity index (χ2n) is 3.20. The summed E-state index contributed by atoms with van der Waals surface area (Å²) in [7, 11) is 0. The van der Waals surface area contributed by atoms with Crippen LogP contribution < -0.4 is 5.73 Å². The number of carboxylic acids is 1. The van der Waals surface area contributed by atoms with Crippen molar-refractivity contribution in [1.29, 1.82) is 0 Å². The van der Waals surface area contributed by atoms with Gasteiger partial charge in [0, 0.05) is 22.0 Å². The number of halogens is 2. The molecule has 1 aromatic carbocycles. The average Bonchev–Trinajstić information content (AvgIpc) is 2.14. The Balaban J connectivity index is 2.73. The molecule has 1 aromatic rings. The van der Waals surface area contributed by atoms with Gasteiger partial charge in [-0.15, -0.1) is 0 Å². The fourth-order valence-corrected chi connectivity index (χ4v) is 2.21. The highest BCUT2D eigenvalue weighted by atomic mass is 79.9. The summed E-state index contributed by atoms with van der Waals surface area (Å²) in [5, 5.41) is 9.16. The van der Waals surface area contributed by atoms with E-state index >= 15 is 0 Å². The molecule has 0 aliphatic heterocycles. The van der Waals surface area contributed by atoms with Gasteiger partial charge in [0.2, 0.25) is 0 Å². The van der Waals surface area contributed by atoms with Crippen molar-refractivity contribution in [3.05, 3.63) is 33.3 Å². The second kappa shape index (κ2) is 5.49. The van der Waals surface area contributed by atoms with Crippen LogP contribution in [-0.4, -0.2) is 11.1 Å². The van der Waals surface area contributed by atoms with Crippen LogP contribution in [0, 0.1) is 0 Å². The molecule has 0 saturated heterocycles. The molecule has 0 spiro atoms. The molecular formula is C10H11BrClNO2. The predicted molar refractivity (Wildman–Crippen MR) is 63.0 cm³/mol. The van der Waals surface area contributed by atoms with Gasteiger partial charge in [-0.2, -0.15) is 0 Å². The zero-order valence-corrected chi connectivity index (χ0v) is 10.3. The maximum absolute atomic E-state index is 10.4. The molecule has 0 heterocycles. The van der Waals surface area contributed by atoms with Gasteiger partial charge >= 0.3 is 5.97 Å². The summed E-state index contributed by atoms with van der Waals surface area (Å²) in [4.78, 5) is 10.4. The zero-order valence-electron chi connectivity index (χ0n) is 7.91. The van der Waals surface area contributed by atoms with Gasteiger partial charge in [-0.3, -0.25) is 4.79 Å². The first-order valence-electron chi connectivity index (χ1n) is 4.43. The Morgan fingerprint density at radius 3 is 2.80 bits per heavy atom. The van der Waals surface area contributed by atoms with E-state index < -0.39 is 5.97 Å². The summed E-state index contributed by atoms with van der Waals surface area (Å²) in [6, 6.07) is 5.01. The van der Waals surface area contributed by atoms with Crippen LogP contribution in [0.25, 0.3) is 0 Å². The molecule has 5 heteroatoms. The summed E-state index contributed by atoms with van der Waals surface area (Å²) in [5.74, 6) is -0.837. The van der Waals surface area contributed by atoms with Crippen molar-refractivity contribution in [2.75, 3.05) is 0 Å². The Morgan fingerprint density at radius 2 is 2.27 bits per heavy atom. The molecule has 0 saturated carbocycles. The number of carbonyl (C=O) groups is 1. The quantitative estimate of drug-likeness (QED) is 0.897. The van der Waals surface area contributed by atoms with E-state index in [0.717, 1.165) is 10.0 Å². The lowest BCUT2D eigenvalue weighted by Gasteiger charge is -2.12. The molecule has 1 unspecified atom stereocenters. The van der Waals surface area contributed by atoms with E-state index in [1.165, 1.54) is 0 Å². The first kappa shape index (κ1) is 12.5. The highest BCUT2D eigenvalue weighted by Crippen LogP contribution is 2.27. The van der Waals surface area contributed by atoms with Gasteiger partial charge in [-0.05, 0) is 24.1 Å². The van der Waals surface area contributed by atoms with Gasteiger partial charge in [-0.1, -0.05) is 33.6 Å². The van der Waals surface area contributed by atoms with E-state index in [1.807, 2.05) is 0 Å². The van der Waals surface area contributed by atoms with Gasteiger partial charge in [0.25, 0.3) is 0 Å². The molecule has 0 aliphatic carbocycles. The number of aliphatic carboxylic acids is 1. The molecule has 3 N–H and O–H groups in total. The number of nitrogens with two attached hydrogens (primary N) is 1. The van der Waals surface area contributed by atoms with Crippen LogP contribution >= 0.6 is 27.5 Å². The second-order valence-corrected chi connectivity index (χ2v) is 4.50. The molecular weight excluding hydrogens is 281 g/mol. The van der Waals surface area contributed by atoms with E-state index in [9.17, 15) is 4.79 Å². The lowest BCUT2D eigenvalue weighted by molar-refractivity contribution is -0.137. The summed E-state index contributed by atoms with van der Waals surface area (Å²) in [6.45, 7) is 0. The Hall–Kier alpha value is -0.580. The Morgan fingerprint density at radius 1 is 1.60 bits per heavy atom. The number of carboxylic acid groups (broad SMARTS) is 1. The number of rotatable bonds is 4. The Bertz CT molecular complexity index is 370. The smallest absolute Gasteiger partial charge is 0.303 e. The number of hydrogen-bond donors (Lipinski definition) is 2. The van der Waals surface area contributed by atoms with Gasteiger partial charge in [0.05, 0.1) is 0 Å². The molecule has 0 amide bonds. The van der Waals surface area contributed by atoms with Crippen molar-refractivity contribution < 1.29 is 9.90 Å². The van der Waals surface area contributed by atoms with Crippen LogP contribution in [0.5, 0.6) is 0 Å². The van der Waals surface area contributed by atoms with Gasteiger partial charge in [0.1, 0.15) is 0 Å². The maximum Gasteiger partial charge on any atom is 0.303 e. The minimum absolute atomic E-state index is 0.0657. The van der Waals surface area contributed by atoms with E-state index in [-0.39, 0.29) is 12.5 Å². The Kier molecular flexibility index (Phi) is 4.57. The molecule has 82 valence electrons. The third kappa shape index (κ3) is 3.81. The largest absolute Gasteiger partial charge is 0.481 e. The molecule has 15 heavy (non-hydrogen) atoms. The van der Waals surface area contributed by atoms with Crippen LogP contribution in [0.2, 0.25) is 5.02 Å². The molecule has 0 fully saturated rings. The first-order chi connectivity index (χ1) is 7.00. The van der Waals surface area contributed by atoms with Crippen LogP contribution in [0.4, 0.5) is 0 Å². The monoisotopic (exact) mass is 291 g/mol. The van der Waals surface area contributed by atoms with Crippen molar-refractivity contribution in [2.24, 2.45) is 5.73 Å². The van der Waals surface area contributed by atoms with E-state index in [2.05, 4.69) is 15.9 Å². The van der Waals surface area contributed by atoms with Crippen molar-refractivity contribution >= 4 is 33.5 Å². The maximum atomic E-state index is 10.4.